The number of methoxy groups -OCH3 is 1. The first kappa shape index (κ1) is 43.6. The predicted octanol–water partition coefficient (Wildman–Crippen LogP) is 5.60. The lowest BCUT2D eigenvalue weighted by atomic mass is 10.0. The number of aromatic nitrogens is 1. The van der Waals surface area contributed by atoms with E-state index >= 15 is 0 Å². The van der Waals surface area contributed by atoms with E-state index in [1.165, 1.54) is 12.1 Å². The van der Waals surface area contributed by atoms with Crippen molar-refractivity contribution < 1.29 is 38.2 Å². The molecule has 328 valence electrons. The predicted molar refractivity (Wildman–Crippen MR) is 234 cm³/mol. The van der Waals surface area contributed by atoms with Crippen molar-refractivity contribution in [1.82, 2.24) is 25.8 Å². The molecule has 4 heterocycles. The van der Waals surface area contributed by atoms with Gasteiger partial charge in [-0.25, -0.2) is 4.98 Å². The Hall–Kier alpha value is -6.45. The van der Waals surface area contributed by atoms with Gasteiger partial charge in [0.05, 0.1) is 29.6 Å². The van der Waals surface area contributed by atoms with Crippen LogP contribution in [0, 0.1) is 0 Å². The maximum absolute atomic E-state index is 13.3. The van der Waals surface area contributed by atoms with E-state index < -0.39 is 23.8 Å². The number of likely N-dealkylation sites (N-methyl/N-ethyl adjacent to an activating group) is 1. The first-order valence-corrected chi connectivity index (χ1v) is 21.7. The van der Waals surface area contributed by atoms with Crippen molar-refractivity contribution in [3.8, 4) is 11.5 Å². The maximum Gasteiger partial charge on any atom is 0.266 e. The van der Waals surface area contributed by atoms with Crippen LogP contribution in [0.5, 0.6) is 11.5 Å². The molecule has 16 nitrogen and oxygen atoms in total. The van der Waals surface area contributed by atoms with E-state index in [0.29, 0.717) is 54.4 Å². The summed E-state index contributed by atoms with van der Waals surface area (Å²) >= 11 is 0. The van der Waals surface area contributed by atoms with Crippen LogP contribution in [-0.4, -0.2) is 97.3 Å². The molecule has 4 aliphatic rings. The molecule has 1 aromatic heterocycles. The maximum atomic E-state index is 13.3. The number of carbonyl (C=O) groups excluding carboxylic acids is 6. The van der Waals surface area contributed by atoms with E-state index in [0.717, 1.165) is 80.6 Å². The Bertz CT molecular complexity index is 2240. The molecule has 3 aromatic rings. The fraction of sp³-hybridized carbons (Fsp3) is 0.457. The number of piperidine rings is 1. The molecular formula is C46H56N8O8. The van der Waals surface area contributed by atoms with E-state index in [2.05, 4.69) is 32.7 Å². The number of amides is 6. The van der Waals surface area contributed by atoms with Crippen molar-refractivity contribution in [3.05, 3.63) is 77.5 Å². The Labute approximate surface area is 361 Å². The molecule has 4 N–H and O–H groups in total. The summed E-state index contributed by atoms with van der Waals surface area (Å²) in [5, 5.41) is 11.8. The normalized spacial score (nSPS) is 18.7. The molecule has 1 unspecified atom stereocenters. The van der Waals surface area contributed by atoms with E-state index in [4.69, 9.17) is 14.5 Å². The second-order valence-electron chi connectivity index (χ2n) is 16.3. The summed E-state index contributed by atoms with van der Waals surface area (Å²) in [6.45, 7) is 6.39. The van der Waals surface area contributed by atoms with Crippen LogP contribution in [0.4, 0.5) is 23.0 Å². The molecule has 7 rings (SSSR count). The third-order valence-electron chi connectivity index (χ3n) is 12.1. The Morgan fingerprint density at radius 1 is 0.887 bits per heavy atom. The number of hydrogen-bond acceptors (Lipinski definition) is 11. The zero-order valence-corrected chi connectivity index (χ0v) is 35.7. The molecule has 3 aliphatic heterocycles. The lowest BCUT2D eigenvalue weighted by Crippen LogP contribution is -2.54. The van der Waals surface area contributed by atoms with Crippen LogP contribution in [0.2, 0.25) is 0 Å². The van der Waals surface area contributed by atoms with Gasteiger partial charge in [-0.2, -0.15) is 0 Å². The van der Waals surface area contributed by atoms with Crippen LogP contribution in [0.1, 0.15) is 115 Å². The lowest BCUT2D eigenvalue weighted by molar-refractivity contribution is -0.125. The fourth-order valence-corrected chi connectivity index (χ4v) is 8.78. The number of imide groups is 1. The number of pyridine rings is 1. The molecule has 1 saturated carbocycles. The summed E-state index contributed by atoms with van der Waals surface area (Å²) in [5.41, 5.74) is 2.69. The highest BCUT2D eigenvalue weighted by Gasteiger charge is 2.45. The average Bonchev–Trinajstić information content (AvgIpc) is 3.89. The zero-order chi connectivity index (χ0) is 43.9. The van der Waals surface area contributed by atoms with Gasteiger partial charge < -0.3 is 40.5 Å². The van der Waals surface area contributed by atoms with Crippen molar-refractivity contribution in [3.63, 3.8) is 0 Å². The number of carbonyl (C=O) groups is 6. The summed E-state index contributed by atoms with van der Waals surface area (Å²) in [6, 6.07) is 12.7. The smallest absolute Gasteiger partial charge is 0.266 e. The fourth-order valence-electron chi connectivity index (χ4n) is 8.78. The van der Waals surface area contributed by atoms with Gasteiger partial charge in [0.1, 0.15) is 29.4 Å². The first-order valence-electron chi connectivity index (χ1n) is 21.7. The van der Waals surface area contributed by atoms with E-state index in [9.17, 15) is 28.8 Å². The number of hydrogen-bond donors (Lipinski definition) is 4. The molecule has 2 atom stereocenters. The minimum absolute atomic E-state index is 0.0553. The Morgan fingerprint density at radius 3 is 2.34 bits per heavy atom. The van der Waals surface area contributed by atoms with Gasteiger partial charge in [0.25, 0.3) is 23.6 Å². The van der Waals surface area contributed by atoms with Crippen molar-refractivity contribution >= 4 is 58.5 Å². The summed E-state index contributed by atoms with van der Waals surface area (Å²) in [6.07, 6.45) is 10.6. The number of allylic oxidation sites excluding steroid dienone is 1. The van der Waals surface area contributed by atoms with Gasteiger partial charge in [0.2, 0.25) is 11.8 Å². The molecule has 6 amide bonds. The van der Waals surface area contributed by atoms with Crippen LogP contribution in [0.15, 0.2) is 60.8 Å². The monoisotopic (exact) mass is 848 g/mol. The number of anilines is 4. The SMILES string of the molecule is C=C1CCC(N2C(=O)c3cccc(OCC(=O)NCCCCCCCCNC(=O)c4ccc(Nc5ccc6c(n5)N(C5CCCC5)[C@H](C)C(=O)N6C)c(OC)c4)c3C2=O)C(=O)N1. The minimum atomic E-state index is -0.934. The molecule has 0 radical (unpaired) electrons. The highest BCUT2D eigenvalue weighted by Crippen LogP contribution is 2.41. The van der Waals surface area contributed by atoms with Crippen molar-refractivity contribution in [2.45, 2.75) is 102 Å². The molecule has 1 saturated heterocycles. The standard InChI is InChI=1S/C46H56N8O8/c1-28-18-21-35(43(57)49-28)54-45(59)32-16-13-17-36(40(32)46(54)60)62-27-39(55)47-24-11-7-5-6-8-12-25-48-42(56)30-19-20-33(37(26-30)61-4)50-38-23-22-34-41(51-38)53(31-14-9-10-15-31)29(2)44(58)52(34)3/h13,16-17,19-20,22-23,26,29,31,35H,1,5-12,14-15,18,21,24-25,27H2,2-4H3,(H,47,55)(H,48,56)(H,49,57)(H,50,51)/t29-,35?/m1/s1. The van der Waals surface area contributed by atoms with Crippen molar-refractivity contribution in [2.24, 2.45) is 0 Å². The number of nitrogens with one attached hydrogen (secondary N) is 4. The topological polar surface area (TPSA) is 192 Å². The molecular weight excluding hydrogens is 793 g/mol. The minimum Gasteiger partial charge on any atom is -0.495 e. The number of nitrogens with zero attached hydrogens (tertiary/aromatic N) is 4. The largest absolute Gasteiger partial charge is 0.495 e. The van der Waals surface area contributed by atoms with Crippen LogP contribution in [0.3, 0.4) is 0 Å². The van der Waals surface area contributed by atoms with Gasteiger partial charge >= 0.3 is 0 Å². The second kappa shape index (κ2) is 19.5. The zero-order valence-electron chi connectivity index (χ0n) is 35.7. The van der Waals surface area contributed by atoms with Crippen LogP contribution < -0.4 is 40.5 Å². The van der Waals surface area contributed by atoms with E-state index in [1.54, 1.807) is 37.3 Å². The first-order chi connectivity index (χ1) is 30.0. The Kier molecular flexibility index (Phi) is 13.7. The highest BCUT2D eigenvalue weighted by molar-refractivity contribution is 6.24. The summed E-state index contributed by atoms with van der Waals surface area (Å²) < 4.78 is 11.3. The van der Waals surface area contributed by atoms with Crippen LogP contribution in [-0.2, 0) is 14.4 Å². The van der Waals surface area contributed by atoms with E-state index in [-0.39, 0.29) is 53.3 Å². The number of rotatable bonds is 18. The van der Waals surface area contributed by atoms with Gasteiger partial charge in [-0.1, -0.05) is 51.2 Å². The number of benzene rings is 2. The molecule has 0 spiro atoms. The molecule has 16 heteroatoms. The van der Waals surface area contributed by atoms with Gasteiger partial charge in [-0.05, 0) is 87.9 Å². The molecule has 0 bridgehead atoms. The second-order valence-corrected chi connectivity index (χ2v) is 16.3. The Morgan fingerprint density at radius 2 is 1.61 bits per heavy atom. The summed E-state index contributed by atoms with van der Waals surface area (Å²) in [7, 11) is 3.36. The number of ether oxygens (including phenoxy) is 2. The van der Waals surface area contributed by atoms with Gasteiger partial charge in [-0.15, -0.1) is 0 Å². The van der Waals surface area contributed by atoms with Crippen LogP contribution in [0.25, 0.3) is 0 Å². The third kappa shape index (κ3) is 9.38. The lowest BCUT2D eigenvalue weighted by Gasteiger charge is -2.42. The number of fused-ring (bicyclic) bond motifs is 2. The van der Waals surface area contributed by atoms with Crippen molar-refractivity contribution in [1.29, 1.82) is 0 Å². The van der Waals surface area contributed by atoms with Gasteiger partial charge in [-0.3, -0.25) is 33.7 Å². The number of unbranched alkanes of at least 4 members (excludes halogenated alkanes) is 5. The molecule has 2 aromatic carbocycles. The van der Waals surface area contributed by atoms with E-state index in [1.807, 2.05) is 25.1 Å². The van der Waals surface area contributed by atoms with Gasteiger partial charge in [0, 0.05) is 37.4 Å². The molecule has 62 heavy (non-hydrogen) atoms. The quantitative estimate of drug-likeness (QED) is 0.0921. The average molecular weight is 849 g/mol. The molecule has 2 fully saturated rings. The third-order valence-corrected chi connectivity index (χ3v) is 12.1. The molecule has 1 aliphatic carbocycles. The highest BCUT2D eigenvalue weighted by atomic mass is 16.5. The Balaban J connectivity index is 0.785. The summed E-state index contributed by atoms with van der Waals surface area (Å²) in [5.74, 6) is -0.0653. The van der Waals surface area contributed by atoms with Crippen molar-refractivity contribution in [2.75, 3.05) is 49.0 Å². The van der Waals surface area contributed by atoms with Crippen LogP contribution >= 0.6 is 0 Å². The van der Waals surface area contributed by atoms with Gasteiger partial charge in [0.15, 0.2) is 12.4 Å². The summed E-state index contributed by atoms with van der Waals surface area (Å²) in [4.78, 5) is 87.3.